The van der Waals surface area contributed by atoms with E-state index in [2.05, 4.69) is 20.5 Å². The van der Waals surface area contributed by atoms with Crippen molar-refractivity contribution in [3.05, 3.63) is 23.7 Å². The minimum atomic E-state index is -0.299. The van der Waals surface area contributed by atoms with Gasteiger partial charge in [0.25, 0.3) is 0 Å². The first-order valence-corrected chi connectivity index (χ1v) is 5.21. The predicted octanol–water partition coefficient (Wildman–Crippen LogP) is 2.28. The van der Waals surface area contributed by atoms with Gasteiger partial charge in [-0.2, -0.15) is 0 Å². The van der Waals surface area contributed by atoms with Gasteiger partial charge in [-0.05, 0) is 13.8 Å². The van der Waals surface area contributed by atoms with Gasteiger partial charge in [-0.3, -0.25) is 0 Å². The van der Waals surface area contributed by atoms with Crippen molar-refractivity contribution in [2.75, 3.05) is 5.32 Å². The summed E-state index contributed by atoms with van der Waals surface area (Å²) >= 11 is 5.78. The van der Waals surface area contributed by atoms with Gasteiger partial charge in [0.15, 0.2) is 0 Å². The number of rotatable bonds is 4. The summed E-state index contributed by atoms with van der Waals surface area (Å²) in [5.74, 6) is 1.71. The molecule has 0 aliphatic carbocycles. The van der Waals surface area contributed by atoms with Crippen LogP contribution in [0.4, 0.5) is 6.01 Å². The summed E-state index contributed by atoms with van der Waals surface area (Å²) in [7, 11) is 0. The Morgan fingerprint density at radius 2 is 2.25 bits per heavy atom. The van der Waals surface area contributed by atoms with Crippen molar-refractivity contribution in [2.24, 2.45) is 0 Å². The van der Waals surface area contributed by atoms with Crippen LogP contribution >= 0.6 is 11.6 Å². The van der Waals surface area contributed by atoms with E-state index < -0.39 is 0 Å². The highest BCUT2D eigenvalue weighted by atomic mass is 35.5. The lowest BCUT2D eigenvalue weighted by Crippen LogP contribution is -1.99. The number of oxazole rings is 1. The second kappa shape index (κ2) is 4.52. The number of anilines is 1. The Kier molecular flexibility index (Phi) is 3.09. The Hall–Kier alpha value is -1.56. The zero-order chi connectivity index (χ0) is 11.5. The van der Waals surface area contributed by atoms with E-state index in [0.717, 1.165) is 5.76 Å². The number of halogens is 1. The van der Waals surface area contributed by atoms with Gasteiger partial charge in [0.1, 0.15) is 11.1 Å². The van der Waals surface area contributed by atoms with Crippen molar-refractivity contribution in [1.82, 2.24) is 15.2 Å². The van der Waals surface area contributed by atoms with E-state index in [-0.39, 0.29) is 5.38 Å². The third kappa shape index (κ3) is 2.52. The fourth-order valence-corrected chi connectivity index (χ4v) is 1.19. The topological polar surface area (TPSA) is 77.0 Å². The molecule has 2 aromatic rings. The highest BCUT2D eigenvalue weighted by Crippen LogP contribution is 2.19. The molecule has 0 aromatic carbocycles. The summed E-state index contributed by atoms with van der Waals surface area (Å²) in [5.41, 5.74) is 0. The maximum atomic E-state index is 5.78. The van der Waals surface area contributed by atoms with Crippen molar-refractivity contribution in [3.8, 4) is 0 Å². The minimum absolute atomic E-state index is 0.299. The second-order valence-electron chi connectivity index (χ2n) is 3.28. The normalized spacial score (nSPS) is 12.7. The van der Waals surface area contributed by atoms with E-state index in [1.807, 2.05) is 6.92 Å². The Labute approximate surface area is 97.0 Å². The van der Waals surface area contributed by atoms with Gasteiger partial charge in [0, 0.05) is 0 Å². The van der Waals surface area contributed by atoms with Crippen LogP contribution in [-0.2, 0) is 6.54 Å². The summed E-state index contributed by atoms with van der Waals surface area (Å²) in [6.07, 6.45) is 1.65. The van der Waals surface area contributed by atoms with Gasteiger partial charge in [-0.1, -0.05) is 5.10 Å². The Morgan fingerprint density at radius 1 is 1.44 bits per heavy atom. The standard InChI is InChI=1S/C9H11ClN4O2/c1-5-3-11-7(15-5)4-12-9-14-13-8(16-9)6(2)10/h3,6H,4H2,1-2H3,(H,12,14). The molecular formula is C9H11ClN4O2. The third-order valence-corrected chi connectivity index (χ3v) is 2.03. The predicted molar refractivity (Wildman–Crippen MR) is 57.1 cm³/mol. The maximum absolute atomic E-state index is 5.78. The highest BCUT2D eigenvalue weighted by molar-refractivity contribution is 6.20. The largest absolute Gasteiger partial charge is 0.444 e. The number of hydrogen-bond acceptors (Lipinski definition) is 6. The molecule has 0 aliphatic heterocycles. The first-order valence-electron chi connectivity index (χ1n) is 4.78. The fourth-order valence-electron chi connectivity index (χ4n) is 1.10. The lowest BCUT2D eigenvalue weighted by atomic mass is 10.5. The van der Waals surface area contributed by atoms with Crippen molar-refractivity contribution < 1.29 is 8.83 Å². The average molecular weight is 243 g/mol. The van der Waals surface area contributed by atoms with Gasteiger partial charge in [-0.25, -0.2) is 4.98 Å². The molecule has 2 aromatic heterocycles. The summed E-state index contributed by atoms with van der Waals surface area (Å²) < 4.78 is 10.5. The lowest BCUT2D eigenvalue weighted by molar-refractivity contribution is 0.469. The van der Waals surface area contributed by atoms with E-state index >= 15 is 0 Å². The summed E-state index contributed by atoms with van der Waals surface area (Å²) in [4.78, 5) is 4.03. The van der Waals surface area contributed by atoms with E-state index in [1.54, 1.807) is 13.1 Å². The summed E-state index contributed by atoms with van der Waals surface area (Å²) in [5, 5.41) is 10.1. The molecule has 2 heterocycles. The molecule has 1 atom stereocenters. The molecule has 86 valence electrons. The smallest absolute Gasteiger partial charge is 0.315 e. The number of nitrogens with one attached hydrogen (secondary N) is 1. The van der Waals surface area contributed by atoms with Crippen LogP contribution in [0.2, 0.25) is 0 Å². The minimum Gasteiger partial charge on any atom is -0.444 e. The maximum Gasteiger partial charge on any atom is 0.315 e. The van der Waals surface area contributed by atoms with Crippen LogP contribution in [0.1, 0.15) is 29.8 Å². The highest BCUT2D eigenvalue weighted by Gasteiger charge is 2.11. The number of alkyl halides is 1. The van der Waals surface area contributed by atoms with E-state index in [9.17, 15) is 0 Å². The van der Waals surface area contributed by atoms with E-state index in [4.69, 9.17) is 20.4 Å². The molecule has 0 saturated carbocycles. The van der Waals surface area contributed by atoms with Crippen LogP contribution in [0.15, 0.2) is 15.0 Å². The third-order valence-electron chi connectivity index (χ3n) is 1.84. The zero-order valence-electron chi connectivity index (χ0n) is 8.90. The summed E-state index contributed by atoms with van der Waals surface area (Å²) in [6.45, 7) is 3.99. The lowest BCUT2D eigenvalue weighted by Gasteiger charge is -1.96. The van der Waals surface area contributed by atoms with Crippen LogP contribution < -0.4 is 5.32 Å². The quantitative estimate of drug-likeness (QED) is 0.829. The molecule has 0 saturated heterocycles. The second-order valence-corrected chi connectivity index (χ2v) is 3.93. The van der Waals surface area contributed by atoms with Crippen molar-refractivity contribution in [1.29, 1.82) is 0 Å². The van der Waals surface area contributed by atoms with E-state index in [1.165, 1.54) is 0 Å². The molecule has 0 fully saturated rings. The Bertz CT molecular complexity index is 466. The molecule has 1 N–H and O–H groups in total. The Balaban J connectivity index is 1.94. The molecule has 0 radical (unpaired) electrons. The molecule has 16 heavy (non-hydrogen) atoms. The van der Waals surface area contributed by atoms with Gasteiger partial charge in [-0.15, -0.1) is 16.7 Å². The van der Waals surface area contributed by atoms with Crippen LogP contribution in [0.5, 0.6) is 0 Å². The molecule has 1 unspecified atom stereocenters. The van der Waals surface area contributed by atoms with Crippen molar-refractivity contribution in [2.45, 2.75) is 25.8 Å². The zero-order valence-corrected chi connectivity index (χ0v) is 9.65. The molecule has 7 heteroatoms. The molecule has 0 amide bonds. The number of aryl methyl sites for hydroxylation is 1. The monoisotopic (exact) mass is 242 g/mol. The number of hydrogen-bond donors (Lipinski definition) is 1. The van der Waals surface area contributed by atoms with Crippen LogP contribution in [0.3, 0.4) is 0 Å². The average Bonchev–Trinajstić information content (AvgIpc) is 2.83. The first-order chi connectivity index (χ1) is 7.65. The molecule has 0 bridgehead atoms. The van der Waals surface area contributed by atoms with Crippen molar-refractivity contribution >= 4 is 17.6 Å². The van der Waals surface area contributed by atoms with Crippen LogP contribution in [-0.4, -0.2) is 15.2 Å². The number of nitrogens with zero attached hydrogens (tertiary/aromatic N) is 3. The first kappa shape index (κ1) is 10.9. The Morgan fingerprint density at radius 3 is 2.81 bits per heavy atom. The number of aromatic nitrogens is 3. The SMILES string of the molecule is Cc1cnc(CNc2nnc(C(C)Cl)o2)o1. The molecule has 0 spiro atoms. The molecular weight excluding hydrogens is 232 g/mol. The van der Waals surface area contributed by atoms with E-state index in [0.29, 0.717) is 24.3 Å². The summed E-state index contributed by atoms with van der Waals surface area (Å²) in [6, 6.07) is 0.304. The van der Waals surface area contributed by atoms with Gasteiger partial charge in [0.2, 0.25) is 11.8 Å². The van der Waals surface area contributed by atoms with Crippen LogP contribution in [0.25, 0.3) is 0 Å². The molecule has 0 aliphatic rings. The van der Waals surface area contributed by atoms with Crippen molar-refractivity contribution in [3.63, 3.8) is 0 Å². The van der Waals surface area contributed by atoms with Gasteiger partial charge in [0.05, 0.1) is 12.7 Å². The fraction of sp³-hybridized carbons (Fsp3) is 0.444. The van der Waals surface area contributed by atoms with Crippen LogP contribution in [0, 0.1) is 6.92 Å². The van der Waals surface area contributed by atoms with Gasteiger partial charge < -0.3 is 14.2 Å². The molecule has 2 rings (SSSR count). The molecule has 6 nitrogen and oxygen atoms in total. The van der Waals surface area contributed by atoms with Gasteiger partial charge >= 0.3 is 6.01 Å².